The molecule has 4 heteroatoms. The summed E-state index contributed by atoms with van der Waals surface area (Å²) in [6.45, 7) is 4.21. The molecule has 0 radical (unpaired) electrons. The molecule has 1 amide bonds. The van der Waals surface area contributed by atoms with Crippen molar-refractivity contribution in [2.24, 2.45) is 5.73 Å². The van der Waals surface area contributed by atoms with Gasteiger partial charge in [0.25, 0.3) is 5.91 Å². The highest BCUT2D eigenvalue weighted by Gasteiger charge is 2.22. The number of benzene rings is 1. The van der Waals surface area contributed by atoms with Gasteiger partial charge in [-0.1, -0.05) is 26.0 Å². The van der Waals surface area contributed by atoms with Crippen molar-refractivity contribution in [1.82, 2.24) is 5.32 Å². The maximum Gasteiger partial charge on any atom is 0.258 e. The zero-order valence-corrected chi connectivity index (χ0v) is 12.3. The van der Waals surface area contributed by atoms with Crippen LogP contribution in [-0.4, -0.2) is 18.6 Å². The molecule has 1 atom stereocenters. The lowest BCUT2D eigenvalue weighted by molar-refractivity contribution is -0.123. The molecule has 0 aromatic heterocycles. The van der Waals surface area contributed by atoms with Gasteiger partial charge in [0, 0.05) is 12.1 Å². The largest absolute Gasteiger partial charge is 0.483 e. The van der Waals surface area contributed by atoms with Crippen LogP contribution >= 0.6 is 0 Å². The van der Waals surface area contributed by atoms with Gasteiger partial charge in [-0.25, -0.2) is 0 Å². The summed E-state index contributed by atoms with van der Waals surface area (Å²) in [6.07, 6.45) is 3.77. The fourth-order valence-corrected chi connectivity index (χ4v) is 2.69. The molecule has 3 N–H and O–H groups in total. The molecule has 1 unspecified atom stereocenters. The summed E-state index contributed by atoms with van der Waals surface area (Å²) in [4.78, 5) is 11.8. The van der Waals surface area contributed by atoms with E-state index in [9.17, 15) is 4.79 Å². The third-order valence-electron chi connectivity index (χ3n) is 3.98. The van der Waals surface area contributed by atoms with Crippen molar-refractivity contribution in [1.29, 1.82) is 0 Å². The predicted octanol–water partition coefficient (Wildman–Crippen LogP) is 2.32. The standard InChI is InChI=1S/C16H24N2O2/c1-3-11(4-2)18-16(19)10-20-15-7-5-6-12-13(15)8-9-14(12)17/h5-7,11,14H,3-4,8-10,17H2,1-2H3,(H,18,19). The van der Waals surface area contributed by atoms with Crippen LogP contribution in [-0.2, 0) is 11.2 Å². The first-order chi connectivity index (χ1) is 9.65. The van der Waals surface area contributed by atoms with E-state index in [0.29, 0.717) is 0 Å². The number of ether oxygens (including phenoxy) is 1. The second kappa shape index (κ2) is 6.75. The van der Waals surface area contributed by atoms with Crippen LogP contribution in [0.5, 0.6) is 5.75 Å². The molecule has 0 saturated heterocycles. The van der Waals surface area contributed by atoms with Crippen LogP contribution in [0.4, 0.5) is 0 Å². The predicted molar refractivity (Wildman–Crippen MR) is 79.7 cm³/mol. The molecule has 1 aromatic carbocycles. The number of carbonyl (C=O) groups is 1. The van der Waals surface area contributed by atoms with Gasteiger partial charge >= 0.3 is 0 Å². The summed E-state index contributed by atoms with van der Waals surface area (Å²) < 4.78 is 5.68. The Bertz CT molecular complexity index is 470. The fourth-order valence-electron chi connectivity index (χ4n) is 2.69. The first-order valence-corrected chi connectivity index (χ1v) is 7.45. The number of nitrogens with two attached hydrogens (primary N) is 1. The summed E-state index contributed by atoms with van der Waals surface area (Å²) in [7, 11) is 0. The average Bonchev–Trinajstić information content (AvgIpc) is 2.85. The number of hydrogen-bond donors (Lipinski definition) is 2. The van der Waals surface area contributed by atoms with Crippen molar-refractivity contribution < 1.29 is 9.53 Å². The minimum atomic E-state index is -0.0569. The molecule has 0 heterocycles. The van der Waals surface area contributed by atoms with Gasteiger partial charge in [-0.05, 0) is 42.9 Å². The Kier molecular flexibility index (Phi) is 5.01. The zero-order valence-electron chi connectivity index (χ0n) is 12.3. The summed E-state index contributed by atoms with van der Waals surface area (Å²) in [5.41, 5.74) is 8.36. The highest BCUT2D eigenvalue weighted by molar-refractivity contribution is 5.77. The van der Waals surface area contributed by atoms with Gasteiger partial charge in [0.2, 0.25) is 0 Å². The van der Waals surface area contributed by atoms with E-state index in [4.69, 9.17) is 10.5 Å². The molecule has 0 saturated carbocycles. The van der Waals surface area contributed by atoms with Crippen LogP contribution in [0, 0.1) is 0 Å². The highest BCUT2D eigenvalue weighted by Crippen LogP contribution is 2.35. The van der Waals surface area contributed by atoms with E-state index >= 15 is 0 Å². The van der Waals surface area contributed by atoms with Crippen molar-refractivity contribution in [2.75, 3.05) is 6.61 Å². The van der Waals surface area contributed by atoms with Crippen molar-refractivity contribution in [3.63, 3.8) is 0 Å². The number of rotatable bonds is 6. The minimum absolute atomic E-state index is 0.0569. The first-order valence-electron chi connectivity index (χ1n) is 7.45. The quantitative estimate of drug-likeness (QED) is 0.838. The van der Waals surface area contributed by atoms with Crippen molar-refractivity contribution >= 4 is 5.91 Å². The summed E-state index contributed by atoms with van der Waals surface area (Å²) in [5.74, 6) is 0.744. The van der Waals surface area contributed by atoms with E-state index in [0.717, 1.165) is 42.6 Å². The topological polar surface area (TPSA) is 64.3 Å². The van der Waals surface area contributed by atoms with Gasteiger partial charge in [-0.2, -0.15) is 0 Å². The molecule has 0 fully saturated rings. The van der Waals surface area contributed by atoms with Crippen LogP contribution < -0.4 is 15.8 Å². The van der Waals surface area contributed by atoms with Gasteiger partial charge in [0.1, 0.15) is 5.75 Å². The maximum atomic E-state index is 11.8. The third-order valence-corrected chi connectivity index (χ3v) is 3.98. The Balaban J connectivity index is 1.94. The van der Waals surface area contributed by atoms with Crippen molar-refractivity contribution in [3.8, 4) is 5.75 Å². The minimum Gasteiger partial charge on any atom is -0.483 e. The van der Waals surface area contributed by atoms with Crippen LogP contribution in [0.2, 0.25) is 0 Å². The second-order valence-electron chi connectivity index (χ2n) is 5.34. The van der Waals surface area contributed by atoms with Crippen molar-refractivity contribution in [2.45, 2.75) is 51.6 Å². The number of amides is 1. The van der Waals surface area contributed by atoms with Gasteiger partial charge in [0.05, 0.1) is 0 Å². The molecular weight excluding hydrogens is 252 g/mol. The number of nitrogens with one attached hydrogen (secondary N) is 1. The molecule has 110 valence electrons. The van der Waals surface area contributed by atoms with Crippen molar-refractivity contribution in [3.05, 3.63) is 29.3 Å². The second-order valence-corrected chi connectivity index (χ2v) is 5.34. The van der Waals surface area contributed by atoms with Gasteiger partial charge in [-0.15, -0.1) is 0 Å². The zero-order chi connectivity index (χ0) is 14.5. The number of fused-ring (bicyclic) bond motifs is 1. The molecular formula is C16H24N2O2. The van der Waals surface area contributed by atoms with E-state index < -0.39 is 0 Å². The Labute approximate surface area is 120 Å². The molecule has 0 spiro atoms. The number of hydrogen-bond acceptors (Lipinski definition) is 3. The Morgan fingerprint density at radius 3 is 2.90 bits per heavy atom. The van der Waals surface area contributed by atoms with E-state index in [1.54, 1.807) is 0 Å². The normalized spacial score (nSPS) is 17.1. The Morgan fingerprint density at radius 2 is 2.20 bits per heavy atom. The van der Waals surface area contributed by atoms with Crippen LogP contribution in [0.25, 0.3) is 0 Å². The van der Waals surface area contributed by atoms with E-state index in [2.05, 4.69) is 19.2 Å². The lowest BCUT2D eigenvalue weighted by Crippen LogP contribution is -2.37. The Morgan fingerprint density at radius 1 is 1.45 bits per heavy atom. The van der Waals surface area contributed by atoms with E-state index in [-0.39, 0.29) is 24.6 Å². The van der Waals surface area contributed by atoms with Gasteiger partial charge in [0.15, 0.2) is 6.61 Å². The first kappa shape index (κ1) is 14.9. The summed E-state index contributed by atoms with van der Waals surface area (Å²) in [6, 6.07) is 6.25. The Hall–Kier alpha value is -1.55. The summed E-state index contributed by atoms with van der Waals surface area (Å²) in [5, 5.41) is 2.97. The SMILES string of the molecule is CCC(CC)NC(=O)COc1cccc2c1CCC2N. The van der Waals surface area contributed by atoms with Crippen LogP contribution in [0.1, 0.15) is 50.3 Å². The lowest BCUT2D eigenvalue weighted by atomic mass is 10.1. The average molecular weight is 276 g/mol. The number of carbonyl (C=O) groups excluding carboxylic acids is 1. The van der Waals surface area contributed by atoms with E-state index in [1.165, 1.54) is 0 Å². The molecule has 0 aliphatic heterocycles. The molecule has 1 aromatic rings. The molecule has 1 aliphatic rings. The monoisotopic (exact) mass is 276 g/mol. The smallest absolute Gasteiger partial charge is 0.258 e. The molecule has 4 nitrogen and oxygen atoms in total. The molecule has 2 rings (SSSR count). The van der Waals surface area contributed by atoms with Gasteiger partial charge < -0.3 is 15.8 Å². The fraction of sp³-hybridized carbons (Fsp3) is 0.562. The maximum absolute atomic E-state index is 11.8. The molecule has 1 aliphatic carbocycles. The van der Waals surface area contributed by atoms with Crippen LogP contribution in [0.3, 0.4) is 0 Å². The third kappa shape index (κ3) is 3.31. The van der Waals surface area contributed by atoms with E-state index in [1.807, 2.05) is 18.2 Å². The highest BCUT2D eigenvalue weighted by atomic mass is 16.5. The molecule has 20 heavy (non-hydrogen) atoms. The van der Waals surface area contributed by atoms with Gasteiger partial charge in [-0.3, -0.25) is 4.79 Å². The molecule has 0 bridgehead atoms. The lowest BCUT2D eigenvalue weighted by Gasteiger charge is -2.16. The van der Waals surface area contributed by atoms with Crippen LogP contribution in [0.15, 0.2) is 18.2 Å². The summed E-state index contributed by atoms with van der Waals surface area (Å²) >= 11 is 0.